The second-order valence-electron chi connectivity index (χ2n) is 5.82. The molecule has 2 aliphatic heterocycles. The smallest absolute Gasteiger partial charge is 0.318 e. The fourth-order valence-electron chi connectivity index (χ4n) is 3.60. The summed E-state index contributed by atoms with van der Waals surface area (Å²) in [6, 6.07) is 0.248. The van der Waals surface area contributed by atoms with Crippen molar-refractivity contribution in [2.24, 2.45) is 5.92 Å². The third-order valence-corrected chi connectivity index (χ3v) is 4.40. The minimum Gasteiger partial charge on any atom is -0.481 e. The van der Waals surface area contributed by atoms with Crippen LogP contribution in [0.3, 0.4) is 0 Å². The van der Waals surface area contributed by atoms with Gasteiger partial charge < -0.3 is 15.3 Å². The molecule has 8 heteroatoms. The van der Waals surface area contributed by atoms with Gasteiger partial charge in [0.05, 0.1) is 6.54 Å². The van der Waals surface area contributed by atoms with Crippen LogP contribution in [0.1, 0.15) is 37.9 Å². The molecule has 2 fully saturated rings. The van der Waals surface area contributed by atoms with Gasteiger partial charge in [-0.25, -0.2) is 9.78 Å². The second kappa shape index (κ2) is 5.71. The monoisotopic (exact) mass is 293 g/mol. The number of H-pyrrole nitrogens is 1. The van der Waals surface area contributed by atoms with Gasteiger partial charge in [0, 0.05) is 18.5 Å². The van der Waals surface area contributed by atoms with Crippen LogP contribution in [0.2, 0.25) is 0 Å². The van der Waals surface area contributed by atoms with Gasteiger partial charge in [0.1, 0.15) is 12.2 Å². The maximum atomic E-state index is 12.3. The molecule has 21 heavy (non-hydrogen) atoms. The maximum absolute atomic E-state index is 12.3. The van der Waals surface area contributed by atoms with Gasteiger partial charge in [-0.1, -0.05) is 0 Å². The highest BCUT2D eigenvalue weighted by molar-refractivity contribution is 5.75. The van der Waals surface area contributed by atoms with E-state index in [1.807, 2.05) is 4.90 Å². The van der Waals surface area contributed by atoms with Gasteiger partial charge in [0.25, 0.3) is 0 Å². The Bertz CT molecular complexity index is 504. The fourth-order valence-corrected chi connectivity index (χ4v) is 3.60. The Morgan fingerprint density at radius 1 is 1.38 bits per heavy atom. The summed E-state index contributed by atoms with van der Waals surface area (Å²) in [7, 11) is 0. The van der Waals surface area contributed by atoms with Gasteiger partial charge in [-0.15, -0.1) is 0 Å². The lowest BCUT2D eigenvalue weighted by Crippen LogP contribution is -2.50. The molecule has 2 saturated heterocycles. The first-order valence-electron chi connectivity index (χ1n) is 7.25. The molecule has 0 radical (unpaired) electrons. The molecule has 2 aliphatic rings. The second-order valence-corrected chi connectivity index (χ2v) is 5.82. The predicted octanol–water partition coefficient (Wildman–Crippen LogP) is 0.732. The molecule has 3 rings (SSSR count). The van der Waals surface area contributed by atoms with E-state index >= 15 is 0 Å². The standard InChI is InChI=1S/C13H19N5O3/c19-12(20)5-8-3-9-1-2-10(4-8)18(9)13(21)14-6-11-15-7-16-17-11/h7-10H,1-6H2,(H,14,21)(H,19,20)(H,15,16,17). The lowest BCUT2D eigenvalue weighted by Gasteiger charge is -2.38. The van der Waals surface area contributed by atoms with Crippen LogP contribution >= 0.6 is 0 Å². The van der Waals surface area contributed by atoms with Crippen LogP contribution in [0.15, 0.2) is 6.33 Å². The van der Waals surface area contributed by atoms with Crippen molar-refractivity contribution in [3.63, 3.8) is 0 Å². The van der Waals surface area contributed by atoms with Crippen LogP contribution < -0.4 is 5.32 Å². The molecule has 0 aliphatic carbocycles. The molecule has 3 N–H and O–H groups in total. The van der Waals surface area contributed by atoms with Crippen LogP contribution in [0.5, 0.6) is 0 Å². The first kappa shape index (κ1) is 13.8. The van der Waals surface area contributed by atoms with Crippen LogP contribution in [-0.2, 0) is 11.3 Å². The van der Waals surface area contributed by atoms with Crippen molar-refractivity contribution in [3.8, 4) is 0 Å². The maximum Gasteiger partial charge on any atom is 0.318 e. The highest BCUT2D eigenvalue weighted by Gasteiger charge is 2.43. The van der Waals surface area contributed by atoms with Crippen molar-refractivity contribution < 1.29 is 14.7 Å². The number of hydrogen-bond donors (Lipinski definition) is 3. The summed E-state index contributed by atoms with van der Waals surface area (Å²) in [4.78, 5) is 29.0. The third-order valence-electron chi connectivity index (χ3n) is 4.40. The van der Waals surface area contributed by atoms with Crippen molar-refractivity contribution in [2.45, 2.75) is 50.7 Å². The largest absolute Gasteiger partial charge is 0.481 e. The molecule has 2 bridgehead atoms. The number of aromatic amines is 1. The summed E-state index contributed by atoms with van der Waals surface area (Å²) in [5.74, 6) is 0.0670. The molecule has 1 aromatic heterocycles. The molecule has 3 heterocycles. The zero-order chi connectivity index (χ0) is 14.8. The average molecular weight is 293 g/mol. The fraction of sp³-hybridized carbons (Fsp3) is 0.692. The van der Waals surface area contributed by atoms with Crippen LogP contribution in [-0.4, -0.2) is 49.3 Å². The van der Waals surface area contributed by atoms with Gasteiger partial charge in [0.15, 0.2) is 0 Å². The number of carboxylic acid groups (broad SMARTS) is 1. The van der Waals surface area contributed by atoms with E-state index in [4.69, 9.17) is 5.11 Å². The summed E-state index contributed by atoms with van der Waals surface area (Å²) in [5, 5.41) is 18.2. The lowest BCUT2D eigenvalue weighted by atomic mass is 9.88. The number of aromatic nitrogens is 3. The Morgan fingerprint density at radius 2 is 2.10 bits per heavy atom. The topological polar surface area (TPSA) is 111 Å². The van der Waals surface area contributed by atoms with Crippen LogP contribution in [0, 0.1) is 5.92 Å². The van der Waals surface area contributed by atoms with Crippen LogP contribution in [0.4, 0.5) is 4.79 Å². The lowest BCUT2D eigenvalue weighted by molar-refractivity contribution is -0.138. The number of hydrogen-bond acceptors (Lipinski definition) is 4. The number of carbonyl (C=O) groups is 2. The van der Waals surface area contributed by atoms with E-state index in [9.17, 15) is 9.59 Å². The van der Waals surface area contributed by atoms with Gasteiger partial charge in [-0.3, -0.25) is 9.89 Å². The van der Waals surface area contributed by atoms with E-state index in [0.29, 0.717) is 12.4 Å². The van der Waals surface area contributed by atoms with Gasteiger partial charge in [-0.2, -0.15) is 5.10 Å². The van der Waals surface area contributed by atoms with E-state index in [0.717, 1.165) is 25.7 Å². The average Bonchev–Trinajstić information content (AvgIpc) is 3.02. The zero-order valence-corrected chi connectivity index (χ0v) is 11.7. The molecule has 8 nitrogen and oxygen atoms in total. The SMILES string of the molecule is O=C(O)CC1CC2CCC(C1)N2C(=O)NCc1ncn[nH]1. The van der Waals surface area contributed by atoms with Crippen molar-refractivity contribution in [1.29, 1.82) is 0 Å². The summed E-state index contributed by atoms with van der Waals surface area (Å²) in [6.07, 6.45) is 5.13. The van der Waals surface area contributed by atoms with Crippen molar-refractivity contribution in [2.75, 3.05) is 0 Å². The first-order valence-corrected chi connectivity index (χ1v) is 7.25. The molecule has 2 atom stereocenters. The number of piperidine rings is 1. The van der Waals surface area contributed by atoms with E-state index in [-0.39, 0.29) is 30.5 Å². The van der Waals surface area contributed by atoms with E-state index in [1.165, 1.54) is 6.33 Å². The number of carboxylic acids is 1. The third kappa shape index (κ3) is 2.98. The molecule has 0 spiro atoms. The quantitative estimate of drug-likeness (QED) is 0.758. The van der Waals surface area contributed by atoms with E-state index in [1.54, 1.807) is 0 Å². The number of carbonyl (C=O) groups excluding carboxylic acids is 1. The highest BCUT2D eigenvalue weighted by atomic mass is 16.4. The zero-order valence-electron chi connectivity index (χ0n) is 11.7. The summed E-state index contributed by atoms with van der Waals surface area (Å²) in [6.45, 7) is 0.327. The summed E-state index contributed by atoms with van der Waals surface area (Å²) in [5.41, 5.74) is 0. The number of rotatable bonds is 4. The summed E-state index contributed by atoms with van der Waals surface area (Å²) < 4.78 is 0. The van der Waals surface area contributed by atoms with Gasteiger partial charge in [0.2, 0.25) is 0 Å². The number of aliphatic carboxylic acids is 1. The van der Waals surface area contributed by atoms with Crippen molar-refractivity contribution >= 4 is 12.0 Å². The van der Waals surface area contributed by atoms with Crippen LogP contribution in [0.25, 0.3) is 0 Å². The number of urea groups is 1. The number of nitrogens with zero attached hydrogens (tertiary/aromatic N) is 3. The predicted molar refractivity (Wildman–Crippen MR) is 72.2 cm³/mol. The van der Waals surface area contributed by atoms with Gasteiger partial charge >= 0.3 is 12.0 Å². The first-order chi connectivity index (χ1) is 10.1. The highest BCUT2D eigenvalue weighted by Crippen LogP contribution is 2.39. The number of amides is 2. The molecular weight excluding hydrogens is 274 g/mol. The van der Waals surface area contributed by atoms with Crippen molar-refractivity contribution in [3.05, 3.63) is 12.2 Å². The molecule has 1 aromatic rings. The number of fused-ring (bicyclic) bond motifs is 2. The van der Waals surface area contributed by atoms with Crippen molar-refractivity contribution in [1.82, 2.24) is 25.4 Å². The van der Waals surface area contributed by atoms with Gasteiger partial charge in [-0.05, 0) is 31.6 Å². The molecule has 2 amide bonds. The number of nitrogens with one attached hydrogen (secondary N) is 2. The molecule has 0 saturated carbocycles. The normalized spacial score (nSPS) is 27.6. The Labute approximate surface area is 121 Å². The molecule has 114 valence electrons. The van der Waals surface area contributed by atoms with E-state index < -0.39 is 5.97 Å². The molecule has 0 aromatic carbocycles. The Balaban J connectivity index is 1.57. The molecular formula is C13H19N5O3. The van der Waals surface area contributed by atoms with E-state index in [2.05, 4.69) is 20.5 Å². The minimum absolute atomic E-state index is 0.0901. The minimum atomic E-state index is -0.748. The Kier molecular flexibility index (Phi) is 3.76. The molecule has 2 unspecified atom stereocenters. The summed E-state index contributed by atoms with van der Waals surface area (Å²) >= 11 is 0. The Hall–Kier alpha value is -2.12. The Morgan fingerprint density at radius 3 is 2.67 bits per heavy atom.